The first kappa shape index (κ1) is 17.6. The van der Waals surface area contributed by atoms with Crippen molar-refractivity contribution in [2.24, 2.45) is 0 Å². The number of ketones is 1. The van der Waals surface area contributed by atoms with E-state index in [1.165, 1.54) is 32.7 Å². The first-order valence-electron chi connectivity index (χ1n) is 7.01. The second-order valence-electron chi connectivity index (χ2n) is 4.65. The Hall–Kier alpha value is -2.74. The number of nitrogens with zero attached hydrogens (tertiary/aromatic N) is 1. The minimum absolute atomic E-state index is 0.172. The third-order valence-corrected chi connectivity index (χ3v) is 4.21. The maximum Gasteiger partial charge on any atom is 0.207 e. The van der Waals surface area contributed by atoms with Crippen molar-refractivity contribution in [3.63, 3.8) is 0 Å². The van der Waals surface area contributed by atoms with Gasteiger partial charge in [-0.2, -0.15) is 0 Å². The highest BCUT2D eigenvalue weighted by Crippen LogP contribution is 2.39. The number of thiazole rings is 1. The Morgan fingerprint density at radius 3 is 2.42 bits per heavy atom. The third kappa shape index (κ3) is 3.43. The number of nitrogens with two attached hydrogens (primary N) is 1. The van der Waals surface area contributed by atoms with Gasteiger partial charge in [0.25, 0.3) is 0 Å². The molecule has 0 unspecified atom stereocenters. The molecule has 0 saturated heterocycles. The van der Waals surface area contributed by atoms with Gasteiger partial charge in [0.2, 0.25) is 11.5 Å². The average molecular weight is 349 g/mol. The standard InChI is InChI=1S/C16H19N3O4S/c1-5-6-18-16-19-15(17)14(24-16)12(20)9-7-10(21-2)13(23-4)11(8-9)22-3/h5,7-8H,1,6,17H2,2-4H3,(H,18,19). The fourth-order valence-electron chi connectivity index (χ4n) is 2.07. The second-order valence-corrected chi connectivity index (χ2v) is 5.65. The van der Waals surface area contributed by atoms with E-state index < -0.39 is 0 Å². The molecule has 7 nitrogen and oxygen atoms in total. The highest BCUT2D eigenvalue weighted by molar-refractivity contribution is 7.18. The number of anilines is 2. The molecule has 8 heteroatoms. The summed E-state index contributed by atoms with van der Waals surface area (Å²) in [6.07, 6.45) is 1.69. The van der Waals surface area contributed by atoms with Gasteiger partial charge in [-0.05, 0) is 12.1 Å². The molecule has 0 fully saturated rings. The third-order valence-electron chi connectivity index (χ3n) is 3.18. The number of hydrogen-bond donors (Lipinski definition) is 2. The number of methoxy groups -OCH3 is 3. The van der Waals surface area contributed by atoms with Gasteiger partial charge < -0.3 is 25.3 Å². The van der Waals surface area contributed by atoms with E-state index in [9.17, 15) is 4.79 Å². The smallest absolute Gasteiger partial charge is 0.207 e. The maximum absolute atomic E-state index is 12.8. The number of ether oxygens (including phenoxy) is 3. The first-order valence-corrected chi connectivity index (χ1v) is 7.83. The van der Waals surface area contributed by atoms with Gasteiger partial charge in [0.1, 0.15) is 10.7 Å². The van der Waals surface area contributed by atoms with Crippen molar-refractivity contribution in [2.75, 3.05) is 38.9 Å². The van der Waals surface area contributed by atoms with Crippen molar-refractivity contribution < 1.29 is 19.0 Å². The van der Waals surface area contributed by atoms with E-state index in [-0.39, 0.29) is 11.6 Å². The van der Waals surface area contributed by atoms with Gasteiger partial charge in [-0.1, -0.05) is 17.4 Å². The van der Waals surface area contributed by atoms with Crippen molar-refractivity contribution in [3.8, 4) is 17.2 Å². The number of rotatable bonds is 8. The molecule has 0 bridgehead atoms. The number of nitrogens with one attached hydrogen (secondary N) is 1. The largest absolute Gasteiger partial charge is 0.493 e. The molecular formula is C16H19N3O4S. The van der Waals surface area contributed by atoms with Crippen LogP contribution in [0.15, 0.2) is 24.8 Å². The van der Waals surface area contributed by atoms with Crippen LogP contribution in [-0.2, 0) is 0 Å². The molecule has 24 heavy (non-hydrogen) atoms. The maximum atomic E-state index is 12.8. The lowest BCUT2D eigenvalue weighted by Gasteiger charge is -2.13. The van der Waals surface area contributed by atoms with Gasteiger partial charge in [-0.25, -0.2) is 4.98 Å². The molecule has 0 saturated carbocycles. The zero-order chi connectivity index (χ0) is 17.7. The van der Waals surface area contributed by atoms with Gasteiger partial charge in [0, 0.05) is 12.1 Å². The summed E-state index contributed by atoms with van der Waals surface area (Å²) in [5, 5.41) is 3.57. The van der Waals surface area contributed by atoms with Gasteiger partial charge in [0.05, 0.1) is 21.3 Å². The molecule has 0 aliphatic rings. The summed E-state index contributed by atoms with van der Waals surface area (Å²) < 4.78 is 15.8. The molecule has 2 aromatic rings. The highest BCUT2D eigenvalue weighted by Gasteiger charge is 2.22. The molecule has 1 heterocycles. The highest BCUT2D eigenvalue weighted by atomic mass is 32.1. The second kappa shape index (κ2) is 7.69. The Balaban J connectivity index is 2.42. The van der Waals surface area contributed by atoms with E-state index in [0.29, 0.717) is 39.4 Å². The zero-order valence-corrected chi connectivity index (χ0v) is 14.5. The van der Waals surface area contributed by atoms with E-state index in [1.807, 2.05) is 0 Å². The van der Waals surface area contributed by atoms with Crippen LogP contribution in [-0.4, -0.2) is 38.6 Å². The molecule has 0 atom stereocenters. The van der Waals surface area contributed by atoms with E-state index in [2.05, 4.69) is 16.9 Å². The average Bonchev–Trinajstić information content (AvgIpc) is 2.98. The molecule has 0 spiro atoms. The van der Waals surface area contributed by atoms with Crippen molar-refractivity contribution in [1.29, 1.82) is 0 Å². The van der Waals surface area contributed by atoms with Gasteiger partial charge in [-0.15, -0.1) is 6.58 Å². The van der Waals surface area contributed by atoms with Crippen molar-refractivity contribution in [3.05, 3.63) is 35.2 Å². The molecular weight excluding hydrogens is 330 g/mol. The number of benzene rings is 1. The Morgan fingerprint density at radius 2 is 1.92 bits per heavy atom. The van der Waals surface area contributed by atoms with E-state index in [0.717, 1.165) is 0 Å². The van der Waals surface area contributed by atoms with Gasteiger partial charge >= 0.3 is 0 Å². The number of nitrogen functional groups attached to an aromatic ring is 1. The Kier molecular flexibility index (Phi) is 5.64. The lowest BCUT2D eigenvalue weighted by atomic mass is 10.1. The monoisotopic (exact) mass is 349 g/mol. The molecule has 1 aromatic heterocycles. The van der Waals surface area contributed by atoms with Crippen LogP contribution in [0.5, 0.6) is 17.2 Å². The summed E-state index contributed by atoms with van der Waals surface area (Å²) in [6, 6.07) is 3.17. The van der Waals surface area contributed by atoms with E-state index in [1.54, 1.807) is 18.2 Å². The normalized spacial score (nSPS) is 10.1. The van der Waals surface area contributed by atoms with Crippen molar-refractivity contribution in [2.45, 2.75) is 0 Å². The molecule has 0 radical (unpaired) electrons. The topological polar surface area (TPSA) is 95.7 Å². The molecule has 128 valence electrons. The lowest BCUT2D eigenvalue weighted by molar-refractivity contribution is 0.104. The van der Waals surface area contributed by atoms with E-state index >= 15 is 0 Å². The summed E-state index contributed by atoms with van der Waals surface area (Å²) in [7, 11) is 4.48. The fraction of sp³-hybridized carbons (Fsp3) is 0.250. The minimum atomic E-state index is -0.268. The van der Waals surface area contributed by atoms with Crippen LogP contribution in [0.2, 0.25) is 0 Å². The predicted octanol–water partition coefficient (Wildman–Crippen LogP) is 2.58. The molecule has 0 aliphatic heterocycles. The Labute approximate surface area is 144 Å². The minimum Gasteiger partial charge on any atom is -0.493 e. The summed E-state index contributed by atoms with van der Waals surface area (Å²) in [5.74, 6) is 1.12. The van der Waals surface area contributed by atoms with Crippen molar-refractivity contribution in [1.82, 2.24) is 4.98 Å². The van der Waals surface area contributed by atoms with Crippen LogP contribution >= 0.6 is 11.3 Å². The van der Waals surface area contributed by atoms with Crippen LogP contribution in [0, 0.1) is 0 Å². The summed E-state index contributed by atoms with van der Waals surface area (Å²) in [6.45, 7) is 4.15. The SMILES string of the molecule is C=CCNc1nc(N)c(C(=O)c2cc(OC)c(OC)c(OC)c2)s1. The van der Waals surface area contributed by atoms with Gasteiger partial charge in [0.15, 0.2) is 16.6 Å². The number of carbonyl (C=O) groups excluding carboxylic acids is 1. The van der Waals surface area contributed by atoms with Crippen LogP contribution in [0.3, 0.4) is 0 Å². The molecule has 3 N–H and O–H groups in total. The van der Waals surface area contributed by atoms with Crippen LogP contribution < -0.4 is 25.3 Å². The van der Waals surface area contributed by atoms with E-state index in [4.69, 9.17) is 19.9 Å². The zero-order valence-electron chi connectivity index (χ0n) is 13.7. The van der Waals surface area contributed by atoms with Gasteiger partial charge in [-0.3, -0.25) is 4.79 Å². The molecule has 1 aromatic carbocycles. The number of aromatic nitrogens is 1. The first-order chi connectivity index (χ1) is 11.5. The van der Waals surface area contributed by atoms with Crippen LogP contribution in [0.4, 0.5) is 10.9 Å². The molecule has 2 rings (SSSR count). The van der Waals surface area contributed by atoms with Crippen LogP contribution in [0.25, 0.3) is 0 Å². The number of hydrogen-bond acceptors (Lipinski definition) is 8. The predicted molar refractivity (Wildman–Crippen MR) is 94.7 cm³/mol. The lowest BCUT2D eigenvalue weighted by Crippen LogP contribution is -2.05. The quantitative estimate of drug-likeness (QED) is 0.558. The van der Waals surface area contributed by atoms with Crippen molar-refractivity contribution >= 4 is 28.1 Å². The summed E-state index contributed by atoms with van der Waals surface area (Å²) in [5.41, 5.74) is 6.24. The Morgan fingerprint density at radius 1 is 1.29 bits per heavy atom. The number of carbonyl (C=O) groups is 1. The Bertz CT molecular complexity index is 733. The van der Waals surface area contributed by atoms with Crippen LogP contribution in [0.1, 0.15) is 15.2 Å². The summed E-state index contributed by atoms with van der Waals surface area (Å²) >= 11 is 1.18. The molecule has 0 aliphatic carbocycles. The molecule has 0 amide bonds. The fourth-order valence-corrected chi connectivity index (χ4v) is 2.93. The summed E-state index contributed by atoms with van der Waals surface area (Å²) in [4.78, 5) is 17.3.